The molecule has 1 heterocycles. The summed E-state index contributed by atoms with van der Waals surface area (Å²) in [6.07, 6.45) is 1.24. The number of nitrogens with one attached hydrogen (secondary N) is 1. The van der Waals surface area contributed by atoms with Gasteiger partial charge in [-0.2, -0.15) is 11.8 Å². The Bertz CT molecular complexity index is 409. The predicted molar refractivity (Wildman–Crippen MR) is 73.6 cm³/mol. The molecule has 1 rings (SSSR count). The van der Waals surface area contributed by atoms with Gasteiger partial charge in [0.05, 0.1) is 5.41 Å². The maximum absolute atomic E-state index is 11.7. The Morgan fingerprint density at radius 3 is 2.67 bits per heavy atom. The van der Waals surface area contributed by atoms with Crippen molar-refractivity contribution in [2.24, 2.45) is 11.3 Å². The van der Waals surface area contributed by atoms with Crippen LogP contribution in [-0.2, 0) is 14.6 Å². The number of nitrogens with two attached hydrogens (primary N) is 1. The van der Waals surface area contributed by atoms with Crippen molar-refractivity contribution in [1.29, 1.82) is 0 Å². The molecule has 0 aromatic heterocycles. The second kappa shape index (κ2) is 5.77. The number of carbonyl (C=O) groups excluding carboxylic acids is 1. The molecule has 106 valence electrons. The second-order valence-corrected chi connectivity index (χ2v) is 8.54. The van der Waals surface area contributed by atoms with Crippen molar-refractivity contribution in [3.8, 4) is 0 Å². The number of hydrogen-bond acceptors (Lipinski definition) is 6. The molecule has 0 aromatic carbocycles. The average Bonchev–Trinajstić information content (AvgIpc) is 2.26. The fraction of sp³-hybridized carbons (Fsp3) is 0.900. The molecule has 1 saturated heterocycles. The Labute approximate surface area is 113 Å². The van der Waals surface area contributed by atoms with Gasteiger partial charge in [0.25, 0.3) is 0 Å². The fourth-order valence-electron chi connectivity index (χ4n) is 1.97. The molecule has 3 N–H and O–H groups in total. The highest BCUT2D eigenvalue weighted by molar-refractivity contribution is 8.00. The van der Waals surface area contributed by atoms with E-state index in [1.165, 1.54) is 6.26 Å². The number of amides is 1. The van der Waals surface area contributed by atoms with Crippen LogP contribution in [0.3, 0.4) is 0 Å². The standard InChI is InChI=1S/C10H21N3O3S2/c1-10(2,9(14)12-11)7-13-4-5-17-6-8(13)18(3,15)16/h8H,4-7,11H2,1-3H3,(H,12,14). The van der Waals surface area contributed by atoms with Crippen molar-refractivity contribution in [1.82, 2.24) is 10.3 Å². The van der Waals surface area contributed by atoms with Crippen LogP contribution in [0.25, 0.3) is 0 Å². The monoisotopic (exact) mass is 295 g/mol. The van der Waals surface area contributed by atoms with Crippen molar-refractivity contribution in [3.05, 3.63) is 0 Å². The summed E-state index contributed by atoms with van der Waals surface area (Å²) >= 11 is 1.63. The van der Waals surface area contributed by atoms with Crippen molar-refractivity contribution >= 4 is 27.5 Å². The summed E-state index contributed by atoms with van der Waals surface area (Å²) in [5.41, 5.74) is 1.42. The highest BCUT2D eigenvalue weighted by Crippen LogP contribution is 2.25. The van der Waals surface area contributed by atoms with E-state index in [2.05, 4.69) is 5.43 Å². The second-order valence-electron chi connectivity index (χ2n) is 5.19. The van der Waals surface area contributed by atoms with Gasteiger partial charge < -0.3 is 0 Å². The zero-order chi connectivity index (χ0) is 14.0. The molecular weight excluding hydrogens is 274 g/mol. The molecule has 0 bridgehead atoms. The van der Waals surface area contributed by atoms with E-state index < -0.39 is 20.6 Å². The maximum Gasteiger partial charge on any atom is 0.240 e. The third kappa shape index (κ3) is 3.84. The minimum Gasteiger partial charge on any atom is -0.294 e. The molecule has 8 heteroatoms. The van der Waals surface area contributed by atoms with Crippen molar-refractivity contribution in [3.63, 3.8) is 0 Å². The molecule has 1 amide bonds. The van der Waals surface area contributed by atoms with Crippen LogP contribution in [0.2, 0.25) is 0 Å². The summed E-state index contributed by atoms with van der Waals surface area (Å²) < 4.78 is 23.5. The predicted octanol–water partition coefficient (Wildman–Crippen LogP) is -0.578. The number of rotatable bonds is 4. The Hall–Kier alpha value is -0.310. The lowest BCUT2D eigenvalue weighted by Crippen LogP contribution is -2.54. The van der Waals surface area contributed by atoms with Crippen molar-refractivity contribution < 1.29 is 13.2 Å². The number of thioether (sulfide) groups is 1. The highest BCUT2D eigenvalue weighted by atomic mass is 32.2. The number of nitrogens with zero attached hydrogens (tertiary/aromatic N) is 1. The summed E-state index contributed by atoms with van der Waals surface area (Å²) in [6, 6.07) is 0. The van der Waals surface area contributed by atoms with Gasteiger partial charge >= 0.3 is 0 Å². The highest BCUT2D eigenvalue weighted by Gasteiger charge is 2.37. The Morgan fingerprint density at radius 1 is 1.56 bits per heavy atom. The van der Waals surface area contributed by atoms with Crippen LogP contribution in [0.1, 0.15) is 13.8 Å². The van der Waals surface area contributed by atoms with Crippen LogP contribution >= 0.6 is 11.8 Å². The summed E-state index contributed by atoms with van der Waals surface area (Å²) in [4.78, 5) is 13.5. The van der Waals surface area contributed by atoms with E-state index in [9.17, 15) is 13.2 Å². The van der Waals surface area contributed by atoms with E-state index in [0.29, 0.717) is 18.8 Å². The molecule has 1 aliphatic heterocycles. The Kier molecular flexibility index (Phi) is 5.05. The molecule has 1 atom stereocenters. The quantitative estimate of drug-likeness (QED) is 0.410. The molecule has 1 fully saturated rings. The molecule has 18 heavy (non-hydrogen) atoms. The first-order valence-corrected chi connectivity index (χ1v) is 8.81. The van der Waals surface area contributed by atoms with Crippen molar-refractivity contribution in [2.75, 3.05) is 30.9 Å². The zero-order valence-corrected chi connectivity index (χ0v) is 12.6. The zero-order valence-electron chi connectivity index (χ0n) is 11.0. The number of hydrogen-bond donors (Lipinski definition) is 2. The maximum atomic E-state index is 11.7. The molecule has 0 spiro atoms. The van der Waals surface area contributed by atoms with Crippen LogP contribution in [0.5, 0.6) is 0 Å². The summed E-state index contributed by atoms with van der Waals surface area (Å²) in [5, 5.41) is -0.513. The molecule has 0 aliphatic carbocycles. The largest absolute Gasteiger partial charge is 0.294 e. The minimum atomic E-state index is -3.14. The van der Waals surface area contributed by atoms with E-state index in [-0.39, 0.29) is 5.91 Å². The molecule has 1 aliphatic rings. The van der Waals surface area contributed by atoms with E-state index in [1.54, 1.807) is 25.6 Å². The van der Waals surface area contributed by atoms with Gasteiger partial charge in [0, 0.05) is 30.9 Å². The minimum absolute atomic E-state index is 0.284. The number of carbonyl (C=O) groups is 1. The summed E-state index contributed by atoms with van der Waals surface area (Å²) in [5.74, 6) is 6.30. The molecule has 1 unspecified atom stereocenters. The first-order valence-electron chi connectivity index (χ1n) is 5.70. The van der Waals surface area contributed by atoms with E-state index >= 15 is 0 Å². The van der Waals surface area contributed by atoms with Gasteiger partial charge in [-0.3, -0.25) is 15.1 Å². The first kappa shape index (κ1) is 15.7. The van der Waals surface area contributed by atoms with Crippen molar-refractivity contribution in [2.45, 2.75) is 19.2 Å². The summed E-state index contributed by atoms with van der Waals surface area (Å²) in [6.45, 7) is 4.57. The molecule has 6 nitrogen and oxygen atoms in total. The van der Waals surface area contributed by atoms with Gasteiger partial charge in [-0.15, -0.1) is 0 Å². The Balaban J connectivity index is 2.83. The Morgan fingerprint density at radius 2 is 2.17 bits per heavy atom. The first-order chi connectivity index (χ1) is 8.18. The van der Waals surface area contributed by atoms with Crippen LogP contribution in [-0.4, -0.2) is 55.4 Å². The SMILES string of the molecule is CC(C)(CN1CCSCC1S(C)(=O)=O)C(=O)NN. The lowest BCUT2D eigenvalue weighted by Gasteiger charge is -2.38. The van der Waals surface area contributed by atoms with Gasteiger partial charge in [-0.25, -0.2) is 14.3 Å². The number of sulfone groups is 1. The van der Waals surface area contributed by atoms with Gasteiger partial charge in [0.2, 0.25) is 5.91 Å². The normalized spacial score (nSPS) is 22.8. The third-order valence-electron chi connectivity index (χ3n) is 3.03. The smallest absolute Gasteiger partial charge is 0.240 e. The van der Waals surface area contributed by atoms with Gasteiger partial charge in [0.15, 0.2) is 9.84 Å². The molecule has 0 radical (unpaired) electrons. The summed E-state index contributed by atoms with van der Waals surface area (Å²) in [7, 11) is -3.14. The van der Waals surface area contributed by atoms with Gasteiger partial charge in [0.1, 0.15) is 5.37 Å². The van der Waals surface area contributed by atoms with E-state index in [1.807, 2.05) is 4.90 Å². The number of hydrazine groups is 1. The molecule has 0 saturated carbocycles. The molecular formula is C10H21N3O3S2. The average molecular weight is 295 g/mol. The lowest BCUT2D eigenvalue weighted by atomic mass is 9.92. The fourth-order valence-corrected chi connectivity index (χ4v) is 4.91. The topological polar surface area (TPSA) is 92.5 Å². The van der Waals surface area contributed by atoms with Crippen LogP contribution < -0.4 is 11.3 Å². The molecule has 0 aromatic rings. The lowest BCUT2D eigenvalue weighted by molar-refractivity contribution is -0.130. The third-order valence-corrected chi connectivity index (χ3v) is 5.72. The van der Waals surface area contributed by atoms with Crippen LogP contribution in [0, 0.1) is 5.41 Å². The van der Waals surface area contributed by atoms with Crippen LogP contribution in [0.15, 0.2) is 0 Å². The van der Waals surface area contributed by atoms with E-state index in [0.717, 1.165) is 5.75 Å². The van der Waals surface area contributed by atoms with Gasteiger partial charge in [-0.05, 0) is 13.8 Å². The van der Waals surface area contributed by atoms with Crippen LogP contribution in [0.4, 0.5) is 0 Å². The van der Waals surface area contributed by atoms with Gasteiger partial charge in [-0.1, -0.05) is 0 Å². The van der Waals surface area contributed by atoms with E-state index in [4.69, 9.17) is 5.84 Å².